The number of ketones is 1. The van der Waals surface area contributed by atoms with Crippen molar-refractivity contribution in [2.24, 2.45) is 0 Å². The van der Waals surface area contributed by atoms with Gasteiger partial charge >= 0.3 is 5.97 Å². The third-order valence-corrected chi connectivity index (χ3v) is 3.76. The summed E-state index contributed by atoms with van der Waals surface area (Å²) in [6.07, 6.45) is 0.331. The molecule has 9 heteroatoms. The summed E-state index contributed by atoms with van der Waals surface area (Å²) < 4.78 is 9.98. The SMILES string of the molecule is CCC(=O)Nc1ccc(C(=O)COC(=O)c2cc([N+](=O)[O-])ccc2OC)cc1. The summed E-state index contributed by atoms with van der Waals surface area (Å²) in [5.41, 5.74) is 0.376. The zero-order valence-corrected chi connectivity index (χ0v) is 15.3. The van der Waals surface area contributed by atoms with Crippen molar-refractivity contribution >= 4 is 29.0 Å². The third-order valence-electron chi connectivity index (χ3n) is 3.76. The van der Waals surface area contributed by atoms with Crippen molar-refractivity contribution in [1.29, 1.82) is 0 Å². The number of nitro benzene ring substituents is 1. The smallest absolute Gasteiger partial charge is 0.342 e. The van der Waals surface area contributed by atoms with Crippen LogP contribution < -0.4 is 10.1 Å². The van der Waals surface area contributed by atoms with E-state index in [1.165, 1.54) is 31.4 Å². The molecule has 1 N–H and O–H groups in total. The Morgan fingerprint density at radius 2 is 1.79 bits per heavy atom. The molecule has 9 nitrogen and oxygen atoms in total. The number of carbonyl (C=O) groups is 3. The number of benzene rings is 2. The number of Topliss-reactive ketones (excluding diaryl/α,β-unsaturated/α-hetero) is 1. The Bertz CT molecular complexity index is 907. The van der Waals surface area contributed by atoms with Gasteiger partial charge < -0.3 is 14.8 Å². The minimum Gasteiger partial charge on any atom is -0.496 e. The summed E-state index contributed by atoms with van der Waals surface area (Å²) >= 11 is 0. The van der Waals surface area contributed by atoms with Gasteiger partial charge in [0.1, 0.15) is 11.3 Å². The van der Waals surface area contributed by atoms with Gasteiger partial charge in [-0.2, -0.15) is 0 Å². The lowest BCUT2D eigenvalue weighted by molar-refractivity contribution is -0.384. The summed E-state index contributed by atoms with van der Waals surface area (Å²) in [6, 6.07) is 9.61. The Hall–Kier alpha value is -3.75. The zero-order chi connectivity index (χ0) is 20.7. The van der Waals surface area contributed by atoms with E-state index in [1.807, 2.05) is 0 Å². The van der Waals surface area contributed by atoms with Crippen LogP contribution in [0.25, 0.3) is 0 Å². The predicted octanol–water partition coefficient (Wildman–Crippen LogP) is 2.99. The van der Waals surface area contributed by atoms with Crippen molar-refractivity contribution in [3.05, 3.63) is 63.7 Å². The Balaban J connectivity index is 2.04. The van der Waals surface area contributed by atoms with E-state index in [-0.39, 0.29) is 28.5 Å². The number of nitrogens with zero attached hydrogens (tertiary/aromatic N) is 1. The van der Waals surface area contributed by atoms with Crippen LogP contribution in [0.2, 0.25) is 0 Å². The van der Waals surface area contributed by atoms with Gasteiger partial charge in [0.2, 0.25) is 5.91 Å². The summed E-state index contributed by atoms with van der Waals surface area (Å²) in [6.45, 7) is 1.17. The molecule has 0 atom stereocenters. The molecule has 0 bridgehead atoms. The van der Waals surface area contributed by atoms with Crippen LogP contribution in [0.15, 0.2) is 42.5 Å². The number of anilines is 1. The first-order chi connectivity index (χ1) is 13.3. The molecule has 0 aliphatic rings. The van der Waals surface area contributed by atoms with Gasteiger partial charge in [0, 0.05) is 29.8 Å². The summed E-state index contributed by atoms with van der Waals surface area (Å²) in [4.78, 5) is 46.0. The molecule has 0 aliphatic carbocycles. The first kappa shape index (κ1) is 20.6. The highest BCUT2D eigenvalue weighted by atomic mass is 16.6. The summed E-state index contributed by atoms with van der Waals surface area (Å²) in [5, 5.41) is 13.5. The fourth-order valence-electron chi connectivity index (χ4n) is 2.25. The van der Waals surface area contributed by atoms with Crippen molar-refractivity contribution in [3.63, 3.8) is 0 Å². The lowest BCUT2D eigenvalue weighted by atomic mass is 10.1. The molecule has 0 spiro atoms. The van der Waals surface area contributed by atoms with Crippen molar-refractivity contribution in [3.8, 4) is 5.75 Å². The first-order valence-corrected chi connectivity index (χ1v) is 8.28. The van der Waals surface area contributed by atoms with Crippen molar-refractivity contribution < 1.29 is 28.8 Å². The summed E-state index contributed by atoms with van der Waals surface area (Å²) in [5.74, 6) is -1.44. The molecule has 28 heavy (non-hydrogen) atoms. The maximum absolute atomic E-state index is 12.2. The number of hydrogen-bond acceptors (Lipinski definition) is 7. The van der Waals surface area contributed by atoms with Gasteiger partial charge in [0.15, 0.2) is 12.4 Å². The lowest BCUT2D eigenvalue weighted by Crippen LogP contribution is -2.15. The van der Waals surface area contributed by atoms with Gasteiger partial charge in [-0.05, 0) is 30.3 Å². The van der Waals surface area contributed by atoms with Crippen LogP contribution in [0.4, 0.5) is 11.4 Å². The Labute approximate surface area is 160 Å². The second-order valence-corrected chi connectivity index (χ2v) is 5.62. The van der Waals surface area contributed by atoms with Crippen LogP contribution in [0.3, 0.4) is 0 Å². The normalized spacial score (nSPS) is 10.1. The molecule has 0 saturated heterocycles. The molecule has 0 heterocycles. The Morgan fingerprint density at radius 1 is 1.11 bits per heavy atom. The van der Waals surface area contributed by atoms with Crippen LogP contribution in [-0.4, -0.2) is 36.3 Å². The molecule has 146 valence electrons. The molecular formula is C19H18N2O7. The predicted molar refractivity (Wildman–Crippen MR) is 99.6 cm³/mol. The van der Waals surface area contributed by atoms with E-state index < -0.39 is 23.3 Å². The maximum Gasteiger partial charge on any atom is 0.342 e. The lowest BCUT2D eigenvalue weighted by Gasteiger charge is -2.09. The standard InChI is InChI=1S/C19H18N2O7/c1-3-18(23)20-13-6-4-12(5-7-13)16(22)11-28-19(24)15-10-14(21(25)26)8-9-17(15)27-2/h4-10H,3,11H2,1-2H3,(H,20,23). The number of carbonyl (C=O) groups excluding carboxylic acids is 3. The maximum atomic E-state index is 12.2. The van der Waals surface area contributed by atoms with Crippen LogP contribution in [-0.2, 0) is 9.53 Å². The number of hydrogen-bond donors (Lipinski definition) is 1. The topological polar surface area (TPSA) is 125 Å². The quantitative estimate of drug-likeness (QED) is 0.320. The monoisotopic (exact) mass is 386 g/mol. The third kappa shape index (κ3) is 5.13. The molecule has 1 amide bonds. The largest absolute Gasteiger partial charge is 0.496 e. The van der Waals surface area contributed by atoms with Crippen LogP contribution in [0.5, 0.6) is 5.75 Å². The number of amides is 1. The van der Waals surface area contributed by atoms with E-state index in [4.69, 9.17) is 9.47 Å². The van der Waals surface area contributed by atoms with Crippen molar-refractivity contribution in [2.45, 2.75) is 13.3 Å². The molecule has 0 aliphatic heterocycles. The number of nitrogens with one attached hydrogen (secondary N) is 1. The molecule has 0 radical (unpaired) electrons. The number of rotatable bonds is 8. The minimum atomic E-state index is -0.916. The molecular weight excluding hydrogens is 368 g/mol. The van der Waals surface area contributed by atoms with E-state index in [9.17, 15) is 24.5 Å². The van der Waals surface area contributed by atoms with E-state index >= 15 is 0 Å². The van der Waals surface area contributed by atoms with E-state index in [0.717, 1.165) is 6.07 Å². The number of nitro groups is 1. The molecule has 0 aromatic heterocycles. The zero-order valence-electron chi connectivity index (χ0n) is 15.3. The molecule has 2 rings (SSSR count). The average molecular weight is 386 g/mol. The van der Waals surface area contributed by atoms with Gasteiger partial charge in [-0.25, -0.2) is 4.79 Å². The van der Waals surface area contributed by atoms with E-state index in [1.54, 1.807) is 19.1 Å². The number of methoxy groups -OCH3 is 1. The van der Waals surface area contributed by atoms with Crippen LogP contribution in [0, 0.1) is 10.1 Å². The Morgan fingerprint density at radius 3 is 2.36 bits per heavy atom. The average Bonchev–Trinajstić information content (AvgIpc) is 2.71. The van der Waals surface area contributed by atoms with Gasteiger partial charge in [-0.1, -0.05) is 6.92 Å². The molecule has 2 aromatic carbocycles. The fraction of sp³-hybridized carbons (Fsp3) is 0.211. The highest BCUT2D eigenvalue weighted by molar-refractivity contribution is 6.00. The molecule has 0 fully saturated rings. The second kappa shape index (κ2) is 9.26. The van der Waals surface area contributed by atoms with Gasteiger partial charge in [-0.15, -0.1) is 0 Å². The summed E-state index contributed by atoms with van der Waals surface area (Å²) in [7, 11) is 1.31. The molecule has 2 aromatic rings. The van der Waals surface area contributed by atoms with E-state index in [0.29, 0.717) is 12.1 Å². The van der Waals surface area contributed by atoms with E-state index in [2.05, 4.69) is 5.32 Å². The number of non-ortho nitro benzene ring substituents is 1. The number of ether oxygens (including phenoxy) is 2. The van der Waals surface area contributed by atoms with Crippen molar-refractivity contribution in [1.82, 2.24) is 0 Å². The highest BCUT2D eigenvalue weighted by Gasteiger charge is 2.20. The van der Waals surface area contributed by atoms with Gasteiger partial charge in [-0.3, -0.25) is 19.7 Å². The molecule has 0 unspecified atom stereocenters. The first-order valence-electron chi connectivity index (χ1n) is 8.28. The van der Waals surface area contributed by atoms with Gasteiger partial charge in [0.25, 0.3) is 5.69 Å². The minimum absolute atomic E-state index is 0.0964. The van der Waals surface area contributed by atoms with Crippen LogP contribution >= 0.6 is 0 Å². The van der Waals surface area contributed by atoms with Gasteiger partial charge in [0.05, 0.1) is 12.0 Å². The van der Waals surface area contributed by atoms with Crippen molar-refractivity contribution in [2.75, 3.05) is 19.0 Å². The highest BCUT2D eigenvalue weighted by Crippen LogP contribution is 2.24. The number of esters is 1. The Kier molecular flexibility index (Phi) is 6.80. The second-order valence-electron chi connectivity index (χ2n) is 5.62. The van der Waals surface area contributed by atoms with Crippen LogP contribution in [0.1, 0.15) is 34.1 Å². The molecule has 0 saturated carbocycles. The fourth-order valence-corrected chi connectivity index (χ4v) is 2.25.